The summed E-state index contributed by atoms with van der Waals surface area (Å²) in [7, 11) is 1.70. The molecule has 0 aliphatic rings. The minimum atomic E-state index is -0.332. The van der Waals surface area contributed by atoms with Gasteiger partial charge in [0.2, 0.25) is 0 Å². The number of halogens is 1. The van der Waals surface area contributed by atoms with Crippen molar-refractivity contribution in [3.8, 4) is 5.75 Å². The number of carbonyl (C=O) groups is 1. The molecule has 2 aromatic heterocycles. The lowest BCUT2D eigenvalue weighted by atomic mass is 10.3. The van der Waals surface area contributed by atoms with Crippen LogP contribution in [0.25, 0.3) is 0 Å². The SMILES string of the molecule is CCOC(=O)c1sc(C(C)NC(=NC)NCCOc2cccnc2)nc1C.I. The third kappa shape index (κ3) is 7.23. The summed E-state index contributed by atoms with van der Waals surface area (Å²) in [6.07, 6.45) is 3.37. The number of carbonyl (C=O) groups excluding carboxylic acids is 1. The first-order chi connectivity index (χ1) is 13.0. The molecule has 0 saturated heterocycles. The fourth-order valence-electron chi connectivity index (χ4n) is 2.22. The van der Waals surface area contributed by atoms with Gasteiger partial charge in [-0.15, -0.1) is 35.3 Å². The van der Waals surface area contributed by atoms with Crippen molar-refractivity contribution in [1.82, 2.24) is 20.6 Å². The molecule has 0 aliphatic heterocycles. The average molecular weight is 519 g/mol. The van der Waals surface area contributed by atoms with Crippen LogP contribution in [-0.2, 0) is 4.74 Å². The highest BCUT2D eigenvalue weighted by molar-refractivity contribution is 14.0. The van der Waals surface area contributed by atoms with Gasteiger partial charge in [-0.05, 0) is 32.9 Å². The third-order valence-electron chi connectivity index (χ3n) is 3.52. The number of aryl methyl sites for hydroxylation is 1. The van der Waals surface area contributed by atoms with Gasteiger partial charge in [-0.2, -0.15) is 0 Å². The number of ether oxygens (including phenoxy) is 2. The second-order valence-corrected chi connectivity index (χ2v) is 6.62. The minimum absolute atomic E-state index is 0. The van der Waals surface area contributed by atoms with Crippen molar-refractivity contribution in [2.45, 2.75) is 26.8 Å². The Bertz CT molecular complexity index is 770. The van der Waals surface area contributed by atoms with E-state index in [9.17, 15) is 4.79 Å². The second kappa shape index (κ2) is 12.5. The van der Waals surface area contributed by atoms with Crippen molar-refractivity contribution in [3.63, 3.8) is 0 Å². The number of hydrogen-bond donors (Lipinski definition) is 2. The lowest BCUT2D eigenvalue weighted by Gasteiger charge is -2.16. The molecule has 2 heterocycles. The van der Waals surface area contributed by atoms with Crippen molar-refractivity contribution in [2.24, 2.45) is 4.99 Å². The van der Waals surface area contributed by atoms with E-state index in [0.717, 1.165) is 10.8 Å². The van der Waals surface area contributed by atoms with Crippen LogP contribution in [0.15, 0.2) is 29.5 Å². The first kappa shape index (κ1) is 24.1. The zero-order chi connectivity index (χ0) is 19.6. The molecule has 10 heteroatoms. The number of nitrogens with one attached hydrogen (secondary N) is 2. The van der Waals surface area contributed by atoms with E-state index in [-0.39, 0.29) is 36.0 Å². The minimum Gasteiger partial charge on any atom is -0.490 e. The number of aliphatic imine (C=N–C) groups is 1. The van der Waals surface area contributed by atoms with E-state index in [1.807, 2.05) is 26.0 Å². The number of aromatic nitrogens is 2. The van der Waals surface area contributed by atoms with Crippen LogP contribution < -0.4 is 15.4 Å². The fraction of sp³-hybridized carbons (Fsp3) is 0.444. The largest absolute Gasteiger partial charge is 0.490 e. The molecule has 2 N–H and O–H groups in total. The van der Waals surface area contributed by atoms with E-state index in [1.165, 1.54) is 11.3 Å². The summed E-state index contributed by atoms with van der Waals surface area (Å²) < 4.78 is 10.7. The van der Waals surface area contributed by atoms with Gasteiger partial charge in [0.05, 0.1) is 31.1 Å². The van der Waals surface area contributed by atoms with E-state index in [0.29, 0.717) is 36.3 Å². The van der Waals surface area contributed by atoms with Crippen LogP contribution >= 0.6 is 35.3 Å². The van der Waals surface area contributed by atoms with Crippen LogP contribution in [0.2, 0.25) is 0 Å². The predicted octanol–water partition coefficient (Wildman–Crippen LogP) is 2.95. The van der Waals surface area contributed by atoms with Crippen molar-refractivity contribution in [3.05, 3.63) is 40.1 Å². The maximum absolute atomic E-state index is 11.9. The van der Waals surface area contributed by atoms with Crippen molar-refractivity contribution >= 4 is 47.2 Å². The fourth-order valence-corrected chi connectivity index (χ4v) is 3.18. The van der Waals surface area contributed by atoms with Gasteiger partial charge in [0.15, 0.2) is 5.96 Å². The molecule has 0 saturated carbocycles. The third-order valence-corrected chi connectivity index (χ3v) is 4.84. The van der Waals surface area contributed by atoms with Gasteiger partial charge in [-0.1, -0.05) is 0 Å². The Morgan fingerprint density at radius 3 is 2.86 bits per heavy atom. The average Bonchev–Trinajstić information content (AvgIpc) is 3.07. The molecule has 0 aliphatic carbocycles. The Kier molecular flexibility index (Phi) is 10.8. The molecule has 0 aromatic carbocycles. The molecule has 0 bridgehead atoms. The first-order valence-electron chi connectivity index (χ1n) is 8.69. The summed E-state index contributed by atoms with van der Waals surface area (Å²) in [6.45, 7) is 6.95. The summed E-state index contributed by atoms with van der Waals surface area (Å²) in [6, 6.07) is 3.57. The number of thiazole rings is 1. The normalized spacial score (nSPS) is 11.9. The Hall–Kier alpha value is -1.95. The maximum atomic E-state index is 11.9. The number of pyridine rings is 1. The van der Waals surface area contributed by atoms with E-state index >= 15 is 0 Å². The Labute approximate surface area is 186 Å². The van der Waals surface area contributed by atoms with Crippen LogP contribution in [-0.4, -0.2) is 48.7 Å². The molecular formula is C18H26IN5O3S. The molecule has 0 spiro atoms. The summed E-state index contributed by atoms with van der Waals surface area (Å²) >= 11 is 1.33. The van der Waals surface area contributed by atoms with Gasteiger partial charge in [0.1, 0.15) is 22.2 Å². The van der Waals surface area contributed by atoms with Gasteiger partial charge in [-0.3, -0.25) is 9.98 Å². The monoisotopic (exact) mass is 519 g/mol. The molecule has 0 amide bonds. The van der Waals surface area contributed by atoms with Gasteiger partial charge >= 0.3 is 5.97 Å². The van der Waals surface area contributed by atoms with Gasteiger partial charge < -0.3 is 20.1 Å². The smallest absolute Gasteiger partial charge is 0.350 e. The van der Waals surface area contributed by atoms with Crippen LogP contribution in [0, 0.1) is 6.92 Å². The number of guanidine groups is 1. The first-order valence-corrected chi connectivity index (χ1v) is 9.51. The lowest BCUT2D eigenvalue weighted by Crippen LogP contribution is -2.40. The van der Waals surface area contributed by atoms with E-state index in [2.05, 4.69) is 25.6 Å². The van der Waals surface area contributed by atoms with Gasteiger partial charge in [0.25, 0.3) is 0 Å². The number of nitrogens with zero attached hydrogens (tertiary/aromatic N) is 3. The summed E-state index contributed by atoms with van der Waals surface area (Å²) in [4.78, 5) is 25.2. The maximum Gasteiger partial charge on any atom is 0.350 e. The molecule has 1 atom stereocenters. The van der Waals surface area contributed by atoms with E-state index in [4.69, 9.17) is 9.47 Å². The molecule has 2 aromatic rings. The molecule has 28 heavy (non-hydrogen) atoms. The number of hydrogen-bond acceptors (Lipinski definition) is 7. The molecule has 0 fully saturated rings. The molecule has 0 radical (unpaired) electrons. The highest BCUT2D eigenvalue weighted by Gasteiger charge is 2.20. The predicted molar refractivity (Wildman–Crippen MR) is 121 cm³/mol. The van der Waals surface area contributed by atoms with Crippen LogP contribution in [0.5, 0.6) is 5.75 Å². The van der Waals surface area contributed by atoms with Gasteiger partial charge in [0, 0.05) is 13.2 Å². The van der Waals surface area contributed by atoms with E-state index in [1.54, 1.807) is 26.4 Å². The Morgan fingerprint density at radius 1 is 1.43 bits per heavy atom. The Balaban J connectivity index is 0.00000392. The van der Waals surface area contributed by atoms with Crippen LogP contribution in [0.4, 0.5) is 0 Å². The van der Waals surface area contributed by atoms with Crippen molar-refractivity contribution in [2.75, 3.05) is 26.8 Å². The Morgan fingerprint density at radius 2 is 2.21 bits per heavy atom. The molecule has 2 rings (SSSR count). The van der Waals surface area contributed by atoms with Crippen molar-refractivity contribution < 1.29 is 14.3 Å². The van der Waals surface area contributed by atoms with Crippen LogP contribution in [0.1, 0.15) is 40.3 Å². The summed E-state index contributed by atoms with van der Waals surface area (Å²) in [5.41, 5.74) is 0.676. The zero-order valence-electron chi connectivity index (χ0n) is 16.4. The highest BCUT2D eigenvalue weighted by atomic mass is 127. The number of esters is 1. The second-order valence-electron chi connectivity index (χ2n) is 5.59. The summed E-state index contributed by atoms with van der Waals surface area (Å²) in [5.74, 6) is 1.02. The molecular weight excluding hydrogens is 493 g/mol. The number of rotatable bonds is 8. The lowest BCUT2D eigenvalue weighted by molar-refractivity contribution is 0.0531. The topological polar surface area (TPSA) is 97.7 Å². The van der Waals surface area contributed by atoms with Gasteiger partial charge in [-0.25, -0.2) is 9.78 Å². The zero-order valence-corrected chi connectivity index (χ0v) is 19.5. The van der Waals surface area contributed by atoms with Crippen molar-refractivity contribution in [1.29, 1.82) is 0 Å². The molecule has 8 nitrogen and oxygen atoms in total. The summed E-state index contributed by atoms with van der Waals surface area (Å²) in [5, 5.41) is 7.24. The highest BCUT2D eigenvalue weighted by Crippen LogP contribution is 2.24. The van der Waals surface area contributed by atoms with E-state index < -0.39 is 0 Å². The molecule has 1 unspecified atom stereocenters. The quantitative estimate of drug-likeness (QED) is 0.182. The molecule has 154 valence electrons. The standard InChI is InChI=1S/C18H25N5O3S.HI/c1-5-25-17(24)15-12(2)22-16(27-15)13(3)23-18(19-4)21-9-10-26-14-7-6-8-20-11-14;/h6-8,11,13H,5,9-10H2,1-4H3,(H2,19,21,23);1H. The van der Waals surface area contributed by atoms with Crippen LogP contribution in [0.3, 0.4) is 0 Å².